The molecule has 2 fully saturated rings. The maximum Gasteiger partial charge on any atom is 0.326 e. The number of hydrogen-bond acceptors (Lipinski definition) is 18. The van der Waals surface area contributed by atoms with E-state index >= 15 is 19.2 Å². The number of nitrogens with one attached hydrogen (secondary N) is 8. The number of ether oxygens (including phenoxy) is 2. The highest BCUT2D eigenvalue weighted by Gasteiger charge is 2.47. The van der Waals surface area contributed by atoms with Gasteiger partial charge < -0.3 is 72.0 Å². The molecule has 0 radical (unpaired) electrons. The quantitative estimate of drug-likeness (QED) is 0.0661. The van der Waals surface area contributed by atoms with Crippen LogP contribution in [0.15, 0.2) is 146 Å². The summed E-state index contributed by atoms with van der Waals surface area (Å²) in [6.45, 7) is 9.98. The van der Waals surface area contributed by atoms with E-state index < -0.39 is 144 Å². The molecule has 10 N–H and O–H groups in total. The third-order valence-corrected chi connectivity index (χ3v) is 20.3. The molecule has 0 saturated carbocycles. The molecule has 30 heteroatoms. The van der Waals surface area contributed by atoms with Crippen molar-refractivity contribution in [3.63, 3.8) is 0 Å². The van der Waals surface area contributed by atoms with Gasteiger partial charge in [-0.1, -0.05) is 165 Å². The molecular weight excluding hydrogens is 1380 g/mol. The number of aliphatic carboxylic acids is 2. The first-order valence-corrected chi connectivity index (χ1v) is 36.2. The van der Waals surface area contributed by atoms with Crippen LogP contribution in [0.4, 0.5) is 0 Å². The minimum Gasteiger partial charge on any atom is -0.487 e. The second kappa shape index (κ2) is 34.7. The molecule has 30 nitrogen and oxygen atoms in total. The van der Waals surface area contributed by atoms with E-state index in [0.717, 1.165) is 21.5 Å². The average molecular weight is 1480 g/mol. The molecule has 8 heterocycles. The number of aromatic nitrogens is 6. The number of amides is 8. The van der Waals surface area contributed by atoms with Gasteiger partial charge in [-0.15, -0.1) is 5.10 Å². The molecule has 6 aromatic carbocycles. The van der Waals surface area contributed by atoms with Crippen molar-refractivity contribution in [2.24, 2.45) is 11.8 Å². The zero-order chi connectivity index (χ0) is 77.0. The van der Waals surface area contributed by atoms with Crippen LogP contribution in [0.25, 0.3) is 21.5 Å². The summed E-state index contributed by atoms with van der Waals surface area (Å²) >= 11 is 0. The fourth-order valence-electron chi connectivity index (χ4n) is 13.8. The second-order valence-electron chi connectivity index (χ2n) is 28.6. The van der Waals surface area contributed by atoms with Crippen molar-refractivity contribution >= 4 is 80.7 Å². The lowest BCUT2D eigenvalue weighted by atomic mass is 9.97. The first kappa shape index (κ1) is 77.4. The third-order valence-electron chi connectivity index (χ3n) is 20.3. The van der Waals surface area contributed by atoms with Crippen molar-refractivity contribution in [3.8, 4) is 11.6 Å². The lowest BCUT2D eigenvalue weighted by Crippen LogP contribution is -2.59. The van der Waals surface area contributed by atoms with E-state index in [1.54, 1.807) is 110 Å². The van der Waals surface area contributed by atoms with Crippen LogP contribution in [-0.2, 0) is 86.8 Å². The smallest absolute Gasteiger partial charge is 0.326 e. The van der Waals surface area contributed by atoms with Gasteiger partial charge in [0, 0.05) is 51.6 Å². The van der Waals surface area contributed by atoms with Crippen molar-refractivity contribution in [2.75, 3.05) is 27.2 Å². The van der Waals surface area contributed by atoms with Crippen LogP contribution >= 0.6 is 0 Å². The largest absolute Gasteiger partial charge is 0.487 e. The number of hydrogen-bond donors (Lipinski definition) is 10. The number of carboxylic acids is 2. The Hall–Kier alpha value is -11.7. The molecule has 6 aliphatic rings. The molecule has 12 bridgehead atoms. The predicted octanol–water partition coefficient (Wildman–Crippen LogP) is 3.51. The van der Waals surface area contributed by atoms with Gasteiger partial charge in [0.25, 0.3) is 5.88 Å². The summed E-state index contributed by atoms with van der Waals surface area (Å²) in [6.07, 6.45) is 2.45. The molecule has 6 aliphatic heterocycles. The summed E-state index contributed by atoms with van der Waals surface area (Å²) in [6, 6.07) is 26.0. The molecule has 8 aromatic rings. The maximum atomic E-state index is 15.3. The summed E-state index contributed by atoms with van der Waals surface area (Å²) in [7, 11) is 3.22. The summed E-state index contributed by atoms with van der Waals surface area (Å²) in [5, 5.41) is 65.0. The Labute approximate surface area is 623 Å². The van der Waals surface area contributed by atoms with Gasteiger partial charge in [-0.3, -0.25) is 38.4 Å². The third kappa shape index (κ3) is 18.6. The van der Waals surface area contributed by atoms with E-state index in [1.807, 2.05) is 84.9 Å². The van der Waals surface area contributed by atoms with Crippen molar-refractivity contribution in [3.05, 3.63) is 179 Å². The maximum absolute atomic E-state index is 15.3. The zero-order valence-corrected chi connectivity index (χ0v) is 61.4. The summed E-state index contributed by atoms with van der Waals surface area (Å²) in [4.78, 5) is 146. The molecule has 14 rings (SSSR count). The van der Waals surface area contributed by atoms with Crippen molar-refractivity contribution in [1.82, 2.24) is 82.3 Å². The second-order valence-corrected chi connectivity index (χ2v) is 28.6. The Morgan fingerprint density at radius 3 is 1.38 bits per heavy atom. The highest BCUT2D eigenvalue weighted by molar-refractivity contribution is 5.99. The SMILES string of the molecule is CN[C@@H](C)C(=O)N[C@H](C(=O)N1C[C@@H]2C[C@H]1C(=O)N[C@@H](Cc1cccc3ccccc13)C(=O)N[C@H](C(=O)O)Cc1ccc(cc1)COc1cn(nn1)[C@H]1C[C@@H](C(=O)N[C@@H](Cc3cccc4ccccc34)C(=O)N[C@H](C(=O)O)Cc3ccc(cc3)OCc3cn2nn3)N(C(=O)[C@@H](NC(=O)[C@H](C)NC)C(C)C)C1)C(C)C. The van der Waals surface area contributed by atoms with Gasteiger partial charge in [0.05, 0.1) is 36.6 Å². The lowest BCUT2D eigenvalue weighted by Gasteiger charge is -2.32. The lowest BCUT2D eigenvalue weighted by molar-refractivity contribution is -0.144. The van der Waals surface area contributed by atoms with Gasteiger partial charge in [-0.2, -0.15) is 0 Å². The molecule has 568 valence electrons. The van der Waals surface area contributed by atoms with Gasteiger partial charge in [0.2, 0.25) is 47.3 Å². The van der Waals surface area contributed by atoms with Crippen LogP contribution in [0.2, 0.25) is 0 Å². The van der Waals surface area contributed by atoms with E-state index in [4.69, 9.17) is 9.47 Å². The van der Waals surface area contributed by atoms with Crippen LogP contribution in [0.3, 0.4) is 0 Å². The Balaban J connectivity index is 0.920. The van der Waals surface area contributed by atoms with Gasteiger partial charge in [0.15, 0.2) is 0 Å². The zero-order valence-electron chi connectivity index (χ0n) is 61.4. The minimum absolute atomic E-state index is 0.0335. The standard InChI is InChI=1S/C78H92N16O14/c1-43(2)67(85-69(95)45(5)79-7)75(101)91-38-55-35-64(91)73(99)81-60(33-52-19-13-17-50-15-9-11-21-58(50)52)71(97)83-62(77(103)104)31-47-23-25-49(26-24-47)41-108-66-40-94(90-88-66)56-36-65(92(39-56)76(102)68(44(3)4)86-70(96)46(6)80-8)74(100)82-61(34-53-20-14-18-51-16-10-12-22-59(51)53)72(98)84-63(78(105)106)32-48-27-29-57(30-28-48)107-42-54-37-93(55)89-87-54/h9-30,37,40,43-46,55-56,60-65,67-68,79-80H,31-36,38-39,41-42H2,1-8H3,(H,81,99)(H,82,100)(H,83,97)(H,84,98)(H,85,95)(H,86,96)(H,103,104)(H,105,106)/t45-,46-,55-,56-,60-,61-,62-,63-,64-,65-,67-,68-/m0/s1. The molecule has 108 heavy (non-hydrogen) atoms. The highest BCUT2D eigenvalue weighted by Crippen LogP contribution is 2.33. The minimum atomic E-state index is -1.52. The van der Waals surface area contributed by atoms with E-state index in [0.29, 0.717) is 39.3 Å². The molecule has 0 unspecified atom stereocenters. The van der Waals surface area contributed by atoms with Crippen LogP contribution in [-0.4, -0.2) is 197 Å². The normalized spacial score (nSPS) is 21.6. The van der Waals surface area contributed by atoms with Crippen molar-refractivity contribution in [2.45, 2.75) is 166 Å². The predicted molar refractivity (Wildman–Crippen MR) is 396 cm³/mol. The Morgan fingerprint density at radius 2 is 0.926 bits per heavy atom. The molecule has 12 atom stereocenters. The molecule has 0 aliphatic carbocycles. The van der Waals surface area contributed by atoms with Crippen LogP contribution in [0.1, 0.15) is 100.0 Å². The number of benzene rings is 6. The van der Waals surface area contributed by atoms with Gasteiger partial charge in [-0.05, 0) is 101 Å². The van der Waals surface area contributed by atoms with Gasteiger partial charge in [0.1, 0.15) is 73.0 Å². The van der Waals surface area contributed by atoms with E-state index in [1.165, 1.54) is 25.4 Å². The van der Waals surface area contributed by atoms with Gasteiger partial charge in [-0.25, -0.2) is 19.0 Å². The number of fused-ring (bicyclic) bond motifs is 2. The first-order chi connectivity index (χ1) is 51.8. The summed E-state index contributed by atoms with van der Waals surface area (Å²) < 4.78 is 15.3. The summed E-state index contributed by atoms with van der Waals surface area (Å²) in [5.41, 5.74) is 3.32. The van der Waals surface area contributed by atoms with Gasteiger partial charge >= 0.3 is 11.9 Å². The molecular formula is C78H92N16O14. The van der Waals surface area contributed by atoms with Crippen LogP contribution < -0.4 is 52.0 Å². The number of nitrogens with zero attached hydrogens (tertiary/aromatic N) is 8. The number of carbonyl (C=O) groups is 10. The number of rotatable bonds is 16. The fourth-order valence-corrected chi connectivity index (χ4v) is 13.8. The van der Waals surface area contributed by atoms with Crippen molar-refractivity contribution in [1.29, 1.82) is 0 Å². The topological polar surface area (TPSA) is 394 Å². The monoisotopic (exact) mass is 1480 g/mol. The Kier molecular flexibility index (Phi) is 24.9. The van der Waals surface area contributed by atoms with E-state index in [-0.39, 0.29) is 70.7 Å². The fraction of sp³-hybridized carbons (Fsp3) is 0.410. The number of likely N-dealkylation sites (N-methyl/N-ethyl adjacent to an activating group) is 2. The van der Waals surface area contributed by atoms with Crippen LogP contribution in [0, 0.1) is 11.8 Å². The number of likely N-dealkylation sites (tertiary alicyclic amines) is 2. The number of carbonyl (C=O) groups excluding carboxylic acids is 8. The number of carboxylic acid groups (broad SMARTS) is 2. The molecule has 2 aromatic heterocycles. The van der Waals surface area contributed by atoms with E-state index in [9.17, 15) is 39.0 Å². The van der Waals surface area contributed by atoms with Crippen LogP contribution in [0.5, 0.6) is 11.6 Å². The highest BCUT2D eigenvalue weighted by atomic mass is 16.5. The molecule has 2 saturated heterocycles. The average Bonchev–Trinajstić information content (AvgIpc) is 1.59. The Morgan fingerprint density at radius 1 is 0.500 bits per heavy atom. The molecule has 8 amide bonds. The molecule has 0 spiro atoms. The van der Waals surface area contributed by atoms with Crippen molar-refractivity contribution < 1.29 is 67.6 Å². The summed E-state index contributed by atoms with van der Waals surface area (Å²) in [5.74, 6) is -8.38. The van der Waals surface area contributed by atoms with E-state index in [2.05, 4.69) is 63.2 Å². The first-order valence-electron chi connectivity index (χ1n) is 36.2. The Bertz CT molecular complexity index is 4310.